The molecule has 2 N–H and O–H groups in total. The highest BCUT2D eigenvalue weighted by molar-refractivity contribution is 5.95. The van der Waals surface area contributed by atoms with Gasteiger partial charge in [0.15, 0.2) is 0 Å². The number of hydrogen-bond donors (Lipinski definition) is 1. The number of carbonyl (C=O) groups is 1. The number of benzene rings is 1. The lowest BCUT2D eigenvalue weighted by Crippen LogP contribution is -2.27. The molecular formula is C13H18N2O2. The van der Waals surface area contributed by atoms with Gasteiger partial charge >= 0.3 is 0 Å². The normalized spacial score (nSPS) is 15.0. The molecule has 1 aliphatic heterocycles. The van der Waals surface area contributed by atoms with Gasteiger partial charge in [0.25, 0.3) is 5.91 Å². The van der Waals surface area contributed by atoms with Crippen LogP contribution in [0, 0.1) is 0 Å². The van der Waals surface area contributed by atoms with Crippen LogP contribution in [0.3, 0.4) is 0 Å². The molecule has 1 aromatic carbocycles. The molecular weight excluding hydrogens is 216 g/mol. The first-order valence-corrected chi connectivity index (χ1v) is 6.03. The topological polar surface area (TPSA) is 55.6 Å². The maximum Gasteiger partial charge on any atom is 0.254 e. The molecule has 0 aromatic heterocycles. The van der Waals surface area contributed by atoms with Crippen LogP contribution in [-0.2, 0) is 0 Å². The molecule has 17 heavy (non-hydrogen) atoms. The van der Waals surface area contributed by atoms with Crippen molar-refractivity contribution < 1.29 is 9.53 Å². The van der Waals surface area contributed by atoms with Crippen LogP contribution in [0.1, 0.15) is 30.1 Å². The van der Waals surface area contributed by atoms with Crippen LogP contribution < -0.4 is 10.5 Å². The minimum absolute atomic E-state index is 0.0516. The Morgan fingerprint density at radius 1 is 1.35 bits per heavy atom. The van der Waals surface area contributed by atoms with E-state index in [0.717, 1.165) is 25.9 Å². The molecule has 4 nitrogen and oxygen atoms in total. The highest BCUT2D eigenvalue weighted by Crippen LogP contribution is 2.21. The van der Waals surface area contributed by atoms with Gasteiger partial charge in [-0.05, 0) is 31.9 Å². The highest BCUT2D eigenvalue weighted by Gasteiger charge is 2.20. The van der Waals surface area contributed by atoms with E-state index < -0.39 is 0 Å². The number of carbonyl (C=O) groups excluding carboxylic acids is 1. The minimum atomic E-state index is 0.0516. The van der Waals surface area contributed by atoms with Crippen molar-refractivity contribution >= 4 is 11.6 Å². The summed E-state index contributed by atoms with van der Waals surface area (Å²) in [6.07, 6.45) is 2.18. The van der Waals surface area contributed by atoms with Crippen molar-refractivity contribution in [3.05, 3.63) is 23.8 Å². The van der Waals surface area contributed by atoms with Gasteiger partial charge in [0, 0.05) is 30.4 Å². The largest absolute Gasteiger partial charge is 0.494 e. The first-order chi connectivity index (χ1) is 8.20. The summed E-state index contributed by atoms with van der Waals surface area (Å²) in [5.41, 5.74) is 6.96. The summed E-state index contributed by atoms with van der Waals surface area (Å²) >= 11 is 0. The van der Waals surface area contributed by atoms with Gasteiger partial charge in [0.1, 0.15) is 5.75 Å². The van der Waals surface area contributed by atoms with Gasteiger partial charge in [-0.3, -0.25) is 4.79 Å². The number of amides is 1. The van der Waals surface area contributed by atoms with Crippen LogP contribution in [-0.4, -0.2) is 30.5 Å². The zero-order valence-corrected chi connectivity index (χ0v) is 10.1. The Kier molecular flexibility index (Phi) is 3.52. The van der Waals surface area contributed by atoms with E-state index in [2.05, 4.69) is 0 Å². The smallest absolute Gasteiger partial charge is 0.254 e. The fraction of sp³-hybridized carbons (Fsp3) is 0.462. The Labute approximate surface area is 101 Å². The molecule has 1 heterocycles. The van der Waals surface area contributed by atoms with Crippen molar-refractivity contribution in [2.24, 2.45) is 0 Å². The van der Waals surface area contributed by atoms with E-state index in [1.54, 1.807) is 18.2 Å². The van der Waals surface area contributed by atoms with Crippen molar-refractivity contribution in [1.29, 1.82) is 0 Å². The van der Waals surface area contributed by atoms with E-state index in [9.17, 15) is 4.79 Å². The highest BCUT2D eigenvalue weighted by atomic mass is 16.5. The number of anilines is 1. The molecule has 1 aromatic rings. The number of nitrogens with two attached hydrogens (primary N) is 1. The van der Waals surface area contributed by atoms with Gasteiger partial charge < -0.3 is 15.4 Å². The Morgan fingerprint density at radius 2 is 2.06 bits per heavy atom. The molecule has 0 aliphatic carbocycles. The van der Waals surface area contributed by atoms with E-state index in [1.165, 1.54) is 0 Å². The predicted molar refractivity (Wildman–Crippen MR) is 67.2 cm³/mol. The summed E-state index contributed by atoms with van der Waals surface area (Å²) in [4.78, 5) is 14.0. The Morgan fingerprint density at radius 3 is 2.71 bits per heavy atom. The third-order valence-electron chi connectivity index (χ3n) is 2.88. The number of likely N-dealkylation sites (tertiary alicyclic amines) is 1. The second kappa shape index (κ2) is 5.08. The van der Waals surface area contributed by atoms with Crippen molar-refractivity contribution in [1.82, 2.24) is 4.90 Å². The molecule has 1 fully saturated rings. The third-order valence-corrected chi connectivity index (χ3v) is 2.88. The Hall–Kier alpha value is -1.71. The van der Waals surface area contributed by atoms with Crippen LogP contribution in [0.15, 0.2) is 18.2 Å². The molecule has 0 bridgehead atoms. The lowest BCUT2D eigenvalue weighted by molar-refractivity contribution is 0.0792. The number of ether oxygens (including phenoxy) is 1. The fourth-order valence-corrected chi connectivity index (χ4v) is 2.10. The number of hydrogen-bond acceptors (Lipinski definition) is 3. The molecule has 0 atom stereocenters. The number of rotatable bonds is 3. The lowest BCUT2D eigenvalue weighted by Gasteiger charge is -2.16. The molecule has 0 spiro atoms. The van der Waals surface area contributed by atoms with Crippen molar-refractivity contribution in [3.63, 3.8) is 0 Å². The minimum Gasteiger partial charge on any atom is -0.494 e. The summed E-state index contributed by atoms with van der Waals surface area (Å²) in [5, 5.41) is 0. The van der Waals surface area contributed by atoms with E-state index >= 15 is 0 Å². The summed E-state index contributed by atoms with van der Waals surface area (Å²) < 4.78 is 5.39. The predicted octanol–water partition coefficient (Wildman–Crippen LogP) is 1.90. The molecule has 2 rings (SSSR count). The Bertz CT molecular complexity index is 412. The average Bonchev–Trinajstić information content (AvgIpc) is 2.81. The lowest BCUT2D eigenvalue weighted by atomic mass is 10.1. The van der Waals surface area contributed by atoms with Crippen molar-refractivity contribution in [3.8, 4) is 5.75 Å². The van der Waals surface area contributed by atoms with E-state index in [4.69, 9.17) is 10.5 Å². The van der Waals surface area contributed by atoms with Crippen LogP contribution in [0.25, 0.3) is 0 Å². The van der Waals surface area contributed by atoms with Gasteiger partial charge in [0.05, 0.1) is 6.61 Å². The summed E-state index contributed by atoms with van der Waals surface area (Å²) in [5.74, 6) is 0.714. The molecule has 0 saturated carbocycles. The molecule has 0 radical (unpaired) electrons. The fourth-order valence-electron chi connectivity index (χ4n) is 2.10. The molecule has 1 saturated heterocycles. The first-order valence-electron chi connectivity index (χ1n) is 6.03. The van der Waals surface area contributed by atoms with E-state index in [1.807, 2.05) is 11.8 Å². The van der Waals surface area contributed by atoms with E-state index in [-0.39, 0.29) is 5.91 Å². The number of nitrogens with zero attached hydrogens (tertiary/aromatic N) is 1. The van der Waals surface area contributed by atoms with Crippen LogP contribution >= 0.6 is 0 Å². The molecule has 1 amide bonds. The van der Waals surface area contributed by atoms with Gasteiger partial charge in [-0.25, -0.2) is 0 Å². The second-order valence-corrected chi connectivity index (χ2v) is 4.22. The maximum atomic E-state index is 12.2. The average molecular weight is 234 g/mol. The quantitative estimate of drug-likeness (QED) is 0.813. The second-order valence-electron chi connectivity index (χ2n) is 4.22. The standard InChI is InChI=1S/C13H18N2O2/c1-2-17-12-8-10(7-11(14)9-12)13(16)15-5-3-4-6-15/h7-9H,2-6,14H2,1H3. The molecule has 4 heteroatoms. The monoisotopic (exact) mass is 234 g/mol. The van der Waals surface area contributed by atoms with Crippen LogP contribution in [0.5, 0.6) is 5.75 Å². The van der Waals surface area contributed by atoms with Gasteiger partial charge in [-0.2, -0.15) is 0 Å². The molecule has 92 valence electrons. The van der Waals surface area contributed by atoms with Crippen molar-refractivity contribution in [2.45, 2.75) is 19.8 Å². The zero-order valence-electron chi connectivity index (χ0n) is 10.1. The molecule has 1 aliphatic rings. The number of nitrogen functional groups attached to an aromatic ring is 1. The summed E-state index contributed by atoms with van der Waals surface area (Å²) in [6.45, 7) is 4.17. The summed E-state index contributed by atoms with van der Waals surface area (Å²) in [7, 11) is 0. The summed E-state index contributed by atoms with van der Waals surface area (Å²) in [6, 6.07) is 5.22. The van der Waals surface area contributed by atoms with E-state index in [0.29, 0.717) is 23.6 Å². The van der Waals surface area contributed by atoms with Gasteiger partial charge in [-0.15, -0.1) is 0 Å². The van der Waals surface area contributed by atoms with Gasteiger partial charge in [0.2, 0.25) is 0 Å². The first kappa shape index (κ1) is 11.8. The maximum absolute atomic E-state index is 12.2. The van der Waals surface area contributed by atoms with Crippen LogP contribution in [0.2, 0.25) is 0 Å². The molecule has 0 unspecified atom stereocenters. The zero-order chi connectivity index (χ0) is 12.3. The van der Waals surface area contributed by atoms with Gasteiger partial charge in [-0.1, -0.05) is 0 Å². The Balaban J connectivity index is 2.21. The van der Waals surface area contributed by atoms with Crippen LogP contribution in [0.4, 0.5) is 5.69 Å². The van der Waals surface area contributed by atoms with Crippen molar-refractivity contribution in [2.75, 3.05) is 25.4 Å². The third kappa shape index (κ3) is 2.70. The SMILES string of the molecule is CCOc1cc(N)cc(C(=O)N2CCCC2)c1.